The molecule has 2 aromatic rings. The summed E-state index contributed by atoms with van der Waals surface area (Å²) < 4.78 is 12.7. The third-order valence-electron chi connectivity index (χ3n) is 2.67. The molecule has 0 N–H and O–H groups in total. The van der Waals surface area contributed by atoms with Gasteiger partial charge in [0.25, 0.3) is 0 Å². The Bertz CT molecular complexity index is 652. The van der Waals surface area contributed by atoms with Crippen molar-refractivity contribution in [3.05, 3.63) is 43.0 Å². The summed E-state index contributed by atoms with van der Waals surface area (Å²) in [6.07, 6.45) is 0. The summed E-state index contributed by atoms with van der Waals surface area (Å²) in [6, 6.07) is 7.18. The van der Waals surface area contributed by atoms with Crippen LogP contribution < -0.4 is 9.47 Å². The SMILES string of the molecule is CCOc1cc(Br)c(C(=O)c2ccc(Br)s2)cc1OCC. The molecule has 3 nitrogen and oxygen atoms in total. The number of halogens is 2. The fourth-order valence-corrected chi connectivity index (χ4v) is 3.66. The average Bonchev–Trinajstić information content (AvgIpc) is 2.88. The molecule has 0 amide bonds. The second-order valence-electron chi connectivity index (χ2n) is 4.08. The quantitative estimate of drug-likeness (QED) is 0.579. The summed E-state index contributed by atoms with van der Waals surface area (Å²) in [5.74, 6) is 1.18. The second-order valence-corrected chi connectivity index (χ2v) is 7.40. The first kappa shape index (κ1) is 16.5. The van der Waals surface area contributed by atoms with Crippen LogP contribution in [0.5, 0.6) is 11.5 Å². The lowest BCUT2D eigenvalue weighted by molar-refractivity contribution is 0.104. The number of ether oxygens (including phenoxy) is 2. The summed E-state index contributed by atoms with van der Waals surface area (Å²) in [4.78, 5) is 13.2. The van der Waals surface area contributed by atoms with Crippen molar-refractivity contribution in [1.29, 1.82) is 0 Å². The Morgan fingerprint density at radius 1 is 1.10 bits per heavy atom. The van der Waals surface area contributed by atoms with E-state index in [1.165, 1.54) is 11.3 Å². The van der Waals surface area contributed by atoms with Gasteiger partial charge >= 0.3 is 0 Å². The molecular weight excluding hydrogens is 420 g/mol. The Labute approximate surface area is 144 Å². The topological polar surface area (TPSA) is 35.5 Å². The fourth-order valence-electron chi connectivity index (χ4n) is 1.81. The largest absolute Gasteiger partial charge is 0.490 e. The van der Waals surface area contributed by atoms with Gasteiger partial charge in [0.05, 0.1) is 21.9 Å². The maximum atomic E-state index is 12.6. The van der Waals surface area contributed by atoms with Gasteiger partial charge < -0.3 is 9.47 Å². The minimum atomic E-state index is -0.0402. The molecule has 0 radical (unpaired) electrons. The molecule has 0 saturated carbocycles. The highest BCUT2D eigenvalue weighted by molar-refractivity contribution is 9.11. The third kappa shape index (κ3) is 3.87. The van der Waals surface area contributed by atoms with Crippen molar-refractivity contribution in [1.82, 2.24) is 0 Å². The summed E-state index contributed by atoms with van der Waals surface area (Å²) in [6.45, 7) is 4.86. The van der Waals surface area contributed by atoms with E-state index in [-0.39, 0.29) is 5.78 Å². The van der Waals surface area contributed by atoms with Gasteiger partial charge in [-0.15, -0.1) is 11.3 Å². The number of ketones is 1. The lowest BCUT2D eigenvalue weighted by Gasteiger charge is -2.13. The third-order valence-corrected chi connectivity index (χ3v) is 4.95. The number of carbonyl (C=O) groups excluding carboxylic acids is 1. The molecule has 6 heteroatoms. The van der Waals surface area contributed by atoms with Crippen LogP contribution in [0.4, 0.5) is 0 Å². The van der Waals surface area contributed by atoms with Crippen molar-refractivity contribution < 1.29 is 14.3 Å². The molecule has 0 aliphatic heterocycles. The van der Waals surface area contributed by atoms with Crippen LogP contribution >= 0.6 is 43.2 Å². The highest BCUT2D eigenvalue weighted by atomic mass is 79.9. The van der Waals surface area contributed by atoms with Gasteiger partial charge in [-0.05, 0) is 70.0 Å². The van der Waals surface area contributed by atoms with Gasteiger partial charge in [0.15, 0.2) is 11.5 Å². The van der Waals surface area contributed by atoms with Gasteiger partial charge in [-0.25, -0.2) is 0 Å². The van der Waals surface area contributed by atoms with Crippen molar-refractivity contribution in [2.75, 3.05) is 13.2 Å². The molecule has 1 aromatic carbocycles. The zero-order chi connectivity index (χ0) is 15.4. The molecule has 1 aromatic heterocycles. The zero-order valence-corrected chi connectivity index (χ0v) is 15.6. The molecule has 0 unspecified atom stereocenters. The molecule has 2 rings (SSSR count). The number of benzene rings is 1. The smallest absolute Gasteiger partial charge is 0.204 e. The van der Waals surface area contributed by atoms with Crippen LogP contribution in [-0.4, -0.2) is 19.0 Å². The van der Waals surface area contributed by atoms with Crippen LogP contribution in [0, 0.1) is 0 Å². The van der Waals surface area contributed by atoms with E-state index in [1.54, 1.807) is 18.2 Å². The average molecular weight is 434 g/mol. The van der Waals surface area contributed by atoms with E-state index in [2.05, 4.69) is 31.9 Å². The van der Waals surface area contributed by atoms with Crippen LogP contribution in [0.3, 0.4) is 0 Å². The lowest BCUT2D eigenvalue weighted by Crippen LogP contribution is -2.04. The Morgan fingerprint density at radius 3 is 2.24 bits per heavy atom. The molecule has 0 bridgehead atoms. The normalized spacial score (nSPS) is 10.5. The highest BCUT2D eigenvalue weighted by Crippen LogP contribution is 2.36. The number of hydrogen-bond acceptors (Lipinski definition) is 4. The van der Waals surface area contributed by atoms with Crippen LogP contribution in [0.1, 0.15) is 29.1 Å². The minimum absolute atomic E-state index is 0.0402. The van der Waals surface area contributed by atoms with Crippen molar-refractivity contribution >= 4 is 49.0 Å². The van der Waals surface area contributed by atoms with E-state index in [1.807, 2.05) is 19.9 Å². The Hall–Kier alpha value is -0.850. The van der Waals surface area contributed by atoms with Gasteiger partial charge in [0.1, 0.15) is 0 Å². The summed E-state index contributed by atoms with van der Waals surface area (Å²) in [7, 11) is 0. The van der Waals surface area contributed by atoms with Crippen molar-refractivity contribution in [2.24, 2.45) is 0 Å². The van der Waals surface area contributed by atoms with Gasteiger partial charge in [-0.1, -0.05) is 0 Å². The summed E-state index contributed by atoms with van der Waals surface area (Å²) >= 11 is 8.22. The zero-order valence-electron chi connectivity index (χ0n) is 11.6. The molecular formula is C15H14Br2O3S. The molecule has 112 valence electrons. The predicted molar refractivity (Wildman–Crippen MR) is 91.9 cm³/mol. The number of thiophene rings is 1. The van der Waals surface area contributed by atoms with Crippen LogP contribution in [0.2, 0.25) is 0 Å². The molecule has 0 atom stereocenters. The summed E-state index contributed by atoms with van der Waals surface area (Å²) in [5.41, 5.74) is 0.566. The maximum absolute atomic E-state index is 12.6. The van der Waals surface area contributed by atoms with Crippen LogP contribution in [0.15, 0.2) is 32.5 Å². The van der Waals surface area contributed by atoms with E-state index in [4.69, 9.17) is 9.47 Å². The molecule has 21 heavy (non-hydrogen) atoms. The monoisotopic (exact) mass is 432 g/mol. The molecule has 0 saturated heterocycles. The minimum Gasteiger partial charge on any atom is -0.490 e. The van der Waals surface area contributed by atoms with Gasteiger partial charge in [-0.3, -0.25) is 4.79 Å². The predicted octanol–water partition coefficient (Wildman–Crippen LogP) is 5.30. The van der Waals surface area contributed by atoms with Crippen molar-refractivity contribution in [2.45, 2.75) is 13.8 Å². The second kappa shape index (κ2) is 7.42. The molecule has 0 fully saturated rings. The molecule has 0 aliphatic carbocycles. The van der Waals surface area contributed by atoms with Gasteiger partial charge in [0, 0.05) is 10.0 Å². The Balaban J connectivity index is 2.43. The molecule has 1 heterocycles. The standard InChI is InChI=1S/C15H14Br2O3S/c1-3-19-11-7-9(10(16)8-12(11)20-4-2)15(18)13-5-6-14(17)21-13/h5-8H,3-4H2,1-2H3. The summed E-state index contributed by atoms with van der Waals surface area (Å²) in [5, 5.41) is 0. The highest BCUT2D eigenvalue weighted by Gasteiger charge is 2.18. The molecule has 0 aliphatic rings. The Kier molecular flexibility index (Phi) is 5.84. The van der Waals surface area contributed by atoms with Crippen molar-refractivity contribution in [3.63, 3.8) is 0 Å². The first-order valence-corrected chi connectivity index (χ1v) is 8.86. The first-order valence-electron chi connectivity index (χ1n) is 6.46. The van der Waals surface area contributed by atoms with Gasteiger partial charge in [0.2, 0.25) is 5.78 Å². The van der Waals surface area contributed by atoms with E-state index in [0.29, 0.717) is 39.6 Å². The van der Waals surface area contributed by atoms with Gasteiger partial charge in [-0.2, -0.15) is 0 Å². The Morgan fingerprint density at radius 2 is 1.71 bits per heavy atom. The van der Waals surface area contributed by atoms with E-state index in [0.717, 1.165) is 3.79 Å². The number of carbonyl (C=O) groups is 1. The van der Waals surface area contributed by atoms with E-state index >= 15 is 0 Å². The van der Waals surface area contributed by atoms with E-state index in [9.17, 15) is 4.79 Å². The number of hydrogen-bond donors (Lipinski definition) is 0. The first-order chi connectivity index (χ1) is 10.1. The fraction of sp³-hybridized carbons (Fsp3) is 0.267. The maximum Gasteiger partial charge on any atom is 0.204 e. The van der Waals surface area contributed by atoms with Crippen molar-refractivity contribution in [3.8, 4) is 11.5 Å². The van der Waals surface area contributed by atoms with Crippen LogP contribution in [-0.2, 0) is 0 Å². The lowest BCUT2D eigenvalue weighted by atomic mass is 10.1. The van der Waals surface area contributed by atoms with E-state index < -0.39 is 0 Å². The molecule has 0 spiro atoms. The van der Waals surface area contributed by atoms with Crippen LogP contribution in [0.25, 0.3) is 0 Å². The number of rotatable bonds is 6.